The van der Waals surface area contributed by atoms with Crippen LogP contribution in [-0.2, 0) is 9.53 Å². The van der Waals surface area contributed by atoms with Crippen LogP contribution in [0.1, 0.15) is 60.3 Å². The van der Waals surface area contributed by atoms with Gasteiger partial charge in [0.2, 0.25) is 0 Å². The van der Waals surface area contributed by atoms with E-state index in [1.54, 1.807) is 0 Å². The summed E-state index contributed by atoms with van der Waals surface area (Å²) >= 11 is 0. The Morgan fingerprint density at radius 2 is 1.67 bits per heavy atom. The Kier molecular flexibility index (Phi) is 7.53. The zero-order chi connectivity index (χ0) is 14.3. The quantitative estimate of drug-likeness (QED) is 0.711. The smallest absolute Gasteiger partial charge is 0.322 e. The first-order valence-corrected chi connectivity index (χ1v) is 6.99. The average molecular weight is 257 g/mol. The molecule has 3 nitrogen and oxygen atoms in total. The van der Waals surface area contributed by atoms with Gasteiger partial charge < -0.3 is 10.5 Å². The number of carbonyl (C=O) groups is 1. The summed E-state index contributed by atoms with van der Waals surface area (Å²) in [5.74, 6) is 0.896. The summed E-state index contributed by atoms with van der Waals surface area (Å²) in [6.07, 6.45) is 4.28. The molecule has 3 unspecified atom stereocenters. The van der Waals surface area contributed by atoms with Crippen molar-refractivity contribution in [2.45, 2.75) is 66.3 Å². The Morgan fingerprint density at radius 3 is 2.11 bits per heavy atom. The van der Waals surface area contributed by atoms with Crippen molar-refractivity contribution >= 4 is 5.97 Å². The van der Waals surface area contributed by atoms with E-state index in [4.69, 9.17) is 5.73 Å². The molecule has 0 saturated carbocycles. The van der Waals surface area contributed by atoms with E-state index in [0.29, 0.717) is 11.3 Å². The van der Waals surface area contributed by atoms with Crippen molar-refractivity contribution in [2.24, 2.45) is 23.0 Å². The maximum Gasteiger partial charge on any atom is 0.322 e. The van der Waals surface area contributed by atoms with Crippen LogP contribution in [0.3, 0.4) is 0 Å². The lowest BCUT2D eigenvalue weighted by Crippen LogP contribution is -2.33. The fraction of sp³-hybridized carbons (Fsp3) is 0.933. The summed E-state index contributed by atoms with van der Waals surface area (Å²) in [5.41, 5.74) is 6.16. The van der Waals surface area contributed by atoms with E-state index in [-0.39, 0.29) is 5.97 Å². The predicted octanol–water partition coefficient (Wildman–Crippen LogP) is 3.37. The molecule has 0 aromatic carbocycles. The largest absolute Gasteiger partial charge is 0.468 e. The van der Waals surface area contributed by atoms with Gasteiger partial charge in [0.05, 0.1) is 7.11 Å². The number of ether oxygens (including phenoxy) is 1. The van der Waals surface area contributed by atoms with Gasteiger partial charge in [-0.1, -0.05) is 47.5 Å². The fourth-order valence-corrected chi connectivity index (χ4v) is 2.52. The first-order valence-electron chi connectivity index (χ1n) is 6.99. The summed E-state index contributed by atoms with van der Waals surface area (Å²) in [6, 6.07) is -0.470. The van der Waals surface area contributed by atoms with Crippen molar-refractivity contribution in [3.05, 3.63) is 0 Å². The fourth-order valence-electron chi connectivity index (χ4n) is 2.52. The third-order valence-electron chi connectivity index (χ3n) is 3.27. The Morgan fingerprint density at radius 1 is 1.17 bits per heavy atom. The minimum Gasteiger partial charge on any atom is -0.468 e. The molecule has 0 aliphatic rings. The summed E-state index contributed by atoms with van der Waals surface area (Å²) in [5, 5.41) is 0. The molecular formula is C15H31NO2. The second kappa shape index (κ2) is 7.78. The minimum absolute atomic E-state index is 0.301. The molecule has 0 aromatic rings. The molecule has 0 amide bonds. The van der Waals surface area contributed by atoms with Crippen molar-refractivity contribution in [3.63, 3.8) is 0 Å². The van der Waals surface area contributed by atoms with Gasteiger partial charge in [-0.05, 0) is 30.1 Å². The average Bonchev–Trinajstić information content (AvgIpc) is 2.22. The number of hydrogen-bond acceptors (Lipinski definition) is 3. The molecule has 0 aliphatic heterocycles. The summed E-state index contributed by atoms with van der Waals surface area (Å²) in [4.78, 5) is 11.2. The number of carbonyl (C=O) groups excluding carboxylic acids is 1. The van der Waals surface area contributed by atoms with Gasteiger partial charge in [-0.15, -0.1) is 0 Å². The lowest BCUT2D eigenvalue weighted by Gasteiger charge is -2.24. The molecule has 0 bridgehead atoms. The van der Waals surface area contributed by atoms with Crippen molar-refractivity contribution in [1.82, 2.24) is 0 Å². The molecule has 0 aromatic heterocycles. The molecule has 108 valence electrons. The molecule has 2 N–H and O–H groups in total. The molecule has 0 rings (SSSR count). The van der Waals surface area contributed by atoms with Crippen LogP contribution in [0, 0.1) is 17.3 Å². The van der Waals surface area contributed by atoms with Gasteiger partial charge in [-0.2, -0.15) is 0 Å². The van der Waals surface area contributed by atoms with E-state index in [1.807, 2.05) is 0 Å². The Hall–Kier alpha value is -0.570. The number of nitrogens with two attached hydrogens (primary N) is 1. The molecule has 0 fully saturated rings. The molecule has 3 atom stereocenters. The number of methoxy groups -OCH3 is 1. The van der Waals surface area contributed by atoms with E-state index in [9.17, 15) is 4.79 Å². The van der Waals surface area contributed by atoms with Crippen LogP contribution in [0.4, 0.5) is 0 Å². The molecule has 0 saturated heterocycles. The van der Waals surface area contributed by atoms with E-state index < -0.39 is 6.04 Å². The molecule has 0 spiro atoms. The van der Waals surface area contributed by atoms with Crippen LogP contribution in [-0.4, -0.2) is 19.1 Å². The van der Waals surface area contributed by atoms with Crippen molar-refractivity contribution in [2.75, 3.05) is 7.11 Å². The minimum atomic E-state index is -0.470. The number of hydrogen-bond donors (Lipinski definition) is 1. The molecular weight excluding hydrogens is 226 g/mol. The van der Waals surface area contributed by atoms with Crippen LogP contribution in [0.15, 0.2) is 0 Å². The first-order chi connectivity index (χ1) is 8.15. The SMILES string of the molecule is COC(=O)C(N)CC(C)CCC(C)CC(C)(C)C. The molecule has 18 heavy (non-hydrogen) atoms. The number of rotatable bonds is 7. The third kappa shape index (κ3) is 8.51. The second-order valence-corrected chi connectivity index (χ2v) is 6.92. The van der Waals surface area contributed by atoms with Crippen molar-refractivity contribution in [1.29, 1.82) is 0 Å². The standard InChI is InChI=1S/C15H31NO2/c1-11(9-13(16)14(17)18-6)7-8-12(2)10-15(3,4)5/h11-13H,7-10,16H2,1-6H3. The zero-order valence-electron chi connectivity index (χ0n) is 13.0. The van der Waals surface area contributed by atoms with Gasteiger partial charge in [-0.25, -0.2) is 0 Å². The van der Waals surface area contributed by atoms with Crippen LogP contribution in [0.2, 0.25) is 0 Å². The second-order valence-electron chi connectivity index (χ2n) is 6.92. The lowest BCUT2D eigenvalue weighted by atomic mass is 9.82. The Balaban J connectivity index is 3.89. The molecule has 0 radical (unpaired) electrons. The van der Waals surface area contributed by atoms with Crippen molar-refractivity contribution in [3.8, 4) is 0 Å². The van der Waals surface area contributed by atoms with Crippen LogP contribution in [0.5, 0.6) is 0 Å². The summed E-state index contributed by atoms with van der Waals surface area (Å²) < 4.78 is 4.64. The predicted molar refractivity (Wildman–Crippen MR) is 76.2 cm³/mol. The van der Waals surface area contributed by atoms with Crippen molar-refractivity contribution < 1.29 is 9.53 Å². The zero-order valence-corrected chi connectivity index (χ0v) is 13.0. The highest BCUT2D eigenvalue weighted by atomic mass is 16.5. The third-order valence-corrected chi connectivity index (χ3v) is 3.27. The van der Waals surface area contributed by atoms with E-state index in [0.717, 1.165) is 18.8 Å². The normalized spacial score (nSPS) is 17.1. The highest BCUT2D eigenvalue weighted by molar-refractivity contribution is 5.75. The number of esters is 1. The van der Waals surface area contributed by atoms with Gasteiger partial charge in [0.1, 0.15) is 6.04 Å². The van der Waals surface area contributed by atoms with Gasteiger partial charge in [-0.3, -0.25) is 4.79 Å². The molecule has 3 heteroatoms. The maximum absolute atomic E-state index is 11.2. The Bertz CT molecular complexity index is 245. The molecule has 0 heterocycles. The highest BCUT2D eigenvalue weighted by Crippen LogP contribution is 2.28. The highest BCUT2D eigenvalue weighted by Gasteiger charge is 2.19. The Labute approximate surface area is 112 Å². The van der Waals surface area contributed by atoms with Crippen LogP contribution in [0.25, 0.3) is 0 Å². The lowest BCUT2D eigenvalue weighted by molar-refractivity contribution is -0.142. The molecule has 0 aliphatic carbocycles. The van der Waals surface area contributed by atoms with Gasteiger partial charge >= 0.3 is 5.97 Å². The van der Waals surface area contributed by atoms with E-state index in [2.05, 4.69) is 39.4 Å². The first kappa shape index (κ1) is 17.4. The monoisotopic (exact) mass is 257 g/mol. The summed E-state index contributed by atoms with van der Waals surface area (Å²) in [6.45, 7) is 11.3. The van der Waals surface area contributed by atoms with Crippen LogP contribution >= 0.6 is 0 Å². The van der Waals surface area contributed by atoms with E-state index in [1.165, 1.54) is 20.0 Å². The topological polar surface area (TPSA) is 52.3 Å². The maximum atomic E-state index is 11.2. The van der Waals surface area contributed by atoms with Crippen LogP contribution < -0.4 is 5.73 Å². The van der Waals surface area contributed by atoms with Gasteiger partial charge in [0, 0.05) is 0 Å². The van der Waals surface area contributed by atoms with E-state index >= 15 is 0 Å². The summed E-state index contributed by atoms with van der Waals surface area (Å²) in [7, 11) is 1.39. The van der Waals surface area contributed by atoms with Gasteiger partial charge in [0.15, 0.2) is 0 Å². The van der Waals surface area contributed by atoms with Gasteiger partial charge in [0.25, 0.3) is 0 Å².